The SMILES string of the molecule is CC1CCCCC1OCc1ccc(CC(=O)O)cc1. The zero-order valence-corrected chi connectivity index (χ0v) is 11.5. The van der Waals surface area contributed by atoms with E-state index < -0.39 is 5.97 Å². The van der Waals surface area contributed by atoms with Crippen LogP contribution in [0.2, 0.25) is 0 Å². The zero-order chi connectivity index (χ0) is 13.7. The summed E-state index contributed by atoms with van der Waals surface area (Å²) in [6.07, 6.45) is 5.49. The van der Waals surface area contributed by atoms with Crippen molar-refractivity contribution < 1.29 is 14.6 Å². The Kier molecular flexibility index (Phi) is 4.97. The number of rotatable bonds is 5. The highest BCUT2D eigenvalue weighted by Crippen LogP contribution is 2.27. The van der Waals surface area contributed by atoms with Gasteiger partial charge in [-0.2, -0.15) is 0 Å². The fraction of sp³-hybridized carbons (Fsp3) is 0.562. The molecular weight excluding hydrogens is 240 g/mol. The summed E-state index contributed by atoms with van der Waals surface area (Å²) in [5, 5.41) is 8.71. The fourth-order valence-electron chi connectivity index (χ4n) is 2.66. The molecule has 3 nitrogen and oxygen atoms in total. The Morgan fingerprint density at radius 3 is 2.47 bits per heavy atom. The van der Waals surface area contributed by atoms with E-state index in [2.05, 4.69) is 6.92 Å². The molecule has 1 aliphatic carbocycles. The Bertz CT molecular complexity index is 411. The number of benzene rings is 1. The Morgan fingerprint density at radius 1 is 1.21 bits per heavy atom. The Hall–Kier alpha value is -1.35. The summed E-state index contributed by atoms with van der Waals surface area (Å²) < 4.78 is 5.99. The lowest BCUT2D eigenvalue weighted by molar-refractivity contribution is -0.136. The van der Waals surface area contributed by atoms with E-state index in [4.69, 9.17) is 9.84 Å². The van der Waals surface area contributed by atoms with Gasteiger partial charge in [0.2, 0.25) is 0 Å². The van der Waals surface area contributed by atoms with E-state index in [-0.39, 0.29) is 6.42 Å². The van der Waals surface area contributed by atoms with Crippen molar-refractivity contribution in [2.24, 2.45) is 5.92 Å². The van der Waals surface area contributed by atoms with Gasteiger partial charge < -0.3 is 9.84 Å². The van der Waals surface area contributed by atoms with Gasteiger partial charge in [0.1, 0.15) is 0 Å². The smallest absolute Gasteiger partial charge is 0.307 e. The second-order valence-corrected chi connectivity index (χ2v) is 5.50. The molecule has 1 saturated carbocycles. The maximum absolute atomic E-state index is 10.6. The Balaban J connectivity index is 1.84. The predicted molar refractivity (Wildman–Crippen MR) is 74.0 cm³/mol. The normalized spacial score (nSPS) is 23.2. The van der Waals surface area contributed by atoms with Crippen LogP contribution in [0.15, 0.2) is 24.3 Å². The molecule has 0 bridgehead atoms. The Labute approximate surface area is 114 Å². The standard InChI is InChI=1S/C16H22O3/c1-12-4-2-3-5-15(12)19-11-14-8-6-13(7-9-14)10-16(17)18/h6-9,12,15H,2-5,10-11H2,1H3,(H,17,18). The van der Waals surface area contributed by atoms with E-state index in [1.807, 2.05) is 24.3 Å². The van der Waals surface area contributed by atoms with Gasteiger partial charge in [-0.3, -0.25) is 4.79 Å². The molecular formula is C16H22O3. The van der Waals surface area contributed by atoms with Crippen LogP contribution in [0, 0.1) is 5.92 Å². The van der Waals surface area contributed by atoms with Crippen LogP contribution in [0.3, 0.4) is 0 Å². The minimum Gasteiger partial charge on any atom is -0.481 e. The molecule has 0 aliphatic heterocycles. The first-order valence-corrected chi connectivity index (χ1v) is 7.06. The number of carboxylic acids is 1. The second kappa shape index (κ2) is 6.71. The molecule has 2 unspecified atom stereocenters. The molecule has 19 heavy (non-hydrogen) atoms. The van der Waals surface area contributed by atoms with Crippen molar-refractivity contribution in [3.63, 3.8) is 0 Å². The van der Waals surface area contributed by atoms with Crippen LogP contribution in [0.1, 0.15) is 43.7 Å². The van der Waals surface area contributed by atoms with Crippen molar-refractivity contribution in [3.05, 3.63) is 35.4 Å². The van der Waals surface area contributed by atoms with Gasteiger partial charge in [-0.1, -0.05) is 44.0 Å². The molecule has 1 fully saturated rings. The highest BCUT2D eigenvalue weighted by atomic mass is 16.5. The van der Waals surface area contributed by atoms with Gasteiger partial charge in [-0.15, -0.1) is 0 Å². The third-order valence-corrected chi connectivity index (χ3v) is 3.88. The molecule has 0 amide bonds. The van der Waals surface area contributed by atoms with Gasteiger partial charge >= 0.3 is 5.97 Å². The van der Waals surface area contributed by atoms with Crippen LogP contribution in [-0.4, -0.2) is 17.2 Å². The molecule has 0 aromatic heterocycles. The van der Waals surface area contributed by atoms with Crippen molar-refractivity contribution >= 4 is 5.97 Å². The average molecular weight is 262 g/mol. The summed E-state index contributed by atoms with van der Waals surface area (Å²) >= 11 is 0. The van der Waals surface area contributed by atoms with Gasteiger partial charge in [0.05, 0.1) is 19.1 Å². The molecule has 0 saturated heterocycles. The highest BCUT2D eigenvalue weighted by Gasteiger charge is 2.21. The summed E-state index contributed by atoms with van der Waals surface area (Å²) in [4.78, 5) is 10.6. The number of aliphatic carboxylic acids is 1. The lowest BCUT2D eigenvalue weighted by Gasteiger charge is -2.28. The van der Waals surface area contributed by atoms with Crippen LogP contribution in [0.25, 0.3) is 0 Å². The molecule has 3 heteroatoms. The van der Waals surface area contributed by atoms with Crippen molar-refractivity contribution in [3.8, 4) is 0 Å². The summed E-state index contributed by atoms with van der Waals surface area (Å²) in [5.74, 6) is -0.139. The maximum Gasteiger partial charge on any atom is 0.307 e. The molecule has 1 aromatic rings. The first-order chi connectivity index (χ1) is 9.15. The minimum atomic E-state index is -0.792. The summed E-state index contributed by atoms with van der Waals surface area (Å²) in [6.45, 7) is 2.89. The predicted octanol–water partition coefficient (Wildman–Crippen LogP) is 3.41. The Morgan fingerprint density at radius 2 is 1.84 bits per heavy atom. The number of carboxylic acid groups (broad SMARTS) is 1. The van der Waals surface area contributed by atoms with Gasteiger partial charge in [0.15, 0.2) is 0 Å². The topological polar surface area (TPSA) is 46.5 Å². The van der Waals surface area contributed by atoms with Crippen LogP contribution in [-0.2, 0) is 22.6 Å². The number of ether oxygens (including phenoxy) is 1. The van der Waals surface area contributed by atoms with E-state index in [1.165, 1.54) is 19.3 Å². The van der Waals surface area contributed by atoms with E-state index >= 15 is 0 Å². The molecule has 1 N–H and O–H groups in total. The quantitative estimate of drug-likeness (QED) is 0.884. The third kappa shape index (κ3) is 4.35. The molecule has 2 rings (SSSR count). The highest BCUT2D eigenvalue weighted by molar-refractivity contribution is 5.70. The van der Waals surface area contributed by atoms with Crippen LogP contribution in [0.5, 0.6) is 0 Å². The van der Waals surface area contributed by atoms with Gasteiger partial charge in [-0.25, -0.2) is 0 Å². The molecule has 0 spiro atoms. The number of hydrogen-bond acceptors (Lipinski definition) is 2. The maximum atomic E-state index is 10.6. The molecule has 1 aromatic carbocycles. The second-order valence-electron chi connectivity index (χ2n) is 5.50. The first-order valence-electron chi connectivity index (χ1n) is 7.06. The fourth-order valence-corrected chi connectivity index (χ4v) is 2.66. The number of hydrogen-bond donors (Lipinski definition) is 1. The van der Waals surface area contributed by atoms with Crippen molar-refractivity contribution in [2.75, 3.05) is 0 Å². The van der Waals surface area contributed by atoms with Crippen molar-refractivity contribution in [2.45, 2.75) is 51.7 Å². The van der Waals surface area contributed by atoms with Crippen molar-refractivity contribution in [1.29, 1.82) is 0 Å². The van der Waals surface area contributed by atoms with E-state index in [9.17, 15) is 4.79 Å². The largest absolute Gasteiger partial charge is 0.481 e. The average Bonchev–Trinajstić information content (AvgIpc) is 2.39. The molecule has 0 heterocycles. The van der Waals surface area contributed by atoms with Gasteiger partial charge in [0, 0.05) is 0 Å². The van der Waals surface area contributed by atoms with Crippen molar-refractivity contribution in [1.82, 2.24) is 0 Å². The zero-order valence-electron chi connectivity index (χ0n) is 11.5. The van der Waals surface area contributed by atoms with E-state index in [0.717, 1.165) is 17.5 Å². The van der Waals surface area contributed by atoms with Crippen LogP contribution < -0.4 is 0 Å². The minimum absolute atomic E-state index is 0.0841. The van der Waals surface area contributed by atoms with Crippen LogP contribution in [0.4, 0.5) is 0 Å². The summed E-state index contributed by atoms with van der Waals surface area (Å²) in [5.41, 5.74) is 1.95. The van der Waals surface area contributed by atoms with E-state index in [1.54, 1.807) is 0 Å². The molecule has 2 atom stereocenters. The lowest BCUT2D eigenvalue weighted by atomic mass is 9.88. The lowest BCUT2D eigenvalue weighted by Crippen LogP contribution is -2.25. The van der Waals surface area contributed by atoms with Crippen LogP contribution >= 0.6 is 0 Å². The van der Waals surface area contributed by atoms with Gasteiger partial charge in [-0.05, 0) is 29.9 Å². The summed E-state index contributed by atoms with van der Waals surface area (Å²) in [7, 11) is 0. The van der Waals surface area contributed by atoms with Gasteiger partial charge in [0.25, 0.3) is 0 Å². The first kappa shape index (κ1) is 14.1. The molecule has 0 radical (unpaired) electrons. The monoisotopic (exact) mass is 262 g/mol. The summed E-state index contributed by atoms with van der Waals surface area (Å²) in [6, 6.07) is 7.67. The molecule has 104 valence electrons. The number of carbonyl (C=O) groups is 1. The molecule has 1 aliphatic rings. The van der Waals surface area contributed by atoms with E-state index in [0.29, 0.717) is 18.6 Å². The third-order valence-electron chi connectivity index (χ3n) is 3.88.